The van der Waals surface area contributed by atoms with Crippen LogP contribution in [-0.4, -0.2) is 14.7 Å². The number of halogens is 3. The minimum atomic E-state index is -3.33. The average molecular weight is 390 g/mol. The molecule has 140 valence electrons. The van der Waals surface area contributed by atoms with Gasteiger partial charge in [0.1, 0.15) is 0 Å². The second kappa shape index (κ2) is 5.83. The Kier molecular flexibility index (Phi) is 3.89. The summed E-state index contributed by atoms with van der Waals surface area (Å²) in [6.07, 6.45) is 6.86. The molecule has 0 saturated heterocycles. The number of rotatable bonds is 3. The third-order valence-corrected chi connectivity index (χ3v) is 6.32. The van der Waals surface area contributed by atoms with Crippen LogP contribution < -0.4 is 0 Å². The summed E-state index contributed by atoms with van der Waals surface area (Å²) in [5.41, 5.74) is 1.81. The summed E-state index contributed by atoms with van der Waals surface area (Å²) in [6, 6.07) is 7.62. The molecule has 4 rings (SSSR count). The fraction of sp³-hybridized carbons (Fsp3) is 0.238. The summed E-state index contributed by atoms with van der Waals surface area (Å²) in [6.45, 7) is 1.40. The maximum Gasteiger partial charge on any atom is 0.195 e. The van der Waals surface area contributed by atoms with Crippen LogP contribution >= 0.6 is 0 Å². The summed E-state index contributed by atoms with van der Waals surface area (Å²) in [4.78, 5) is 0.186. The molecule has 0 heterocycles. The van der Waals surface area contributed by atoms with Crippen molar-refractivity contribution in [3.05, 3.63) is 76.6 Å². The summed E-state index contributed by atoms with van der Waals surface area (Å²) < 4.78 is 65.5. The molecule has 0 N–H and O–H groups in total. The van der Waals surface area contributed by atoms with Gasteiger partial charge in [-0.05, 0) is 60.2 Å². The molecule has 2 nitrogen and oxygen atoms in total. The normalized spacial score (nSPS) is 17.8. The van der Waals surface area contributed by atoms with Gasteiger partial charge in [0, 0.05) is 17.2 Å². The van der Waals surface area contributed by atoms with E-state index in [4.69, 9.17) is 0 Å². The van der Waals surface area contributed by atoms with E-state index in [1.54, 1.807) is 12.1 Å². The maximum atomic E-state index is 14.5. The molecular weight excluding hydrogens is 373 g/mol. The highest BCUT2D eigenvalue weighted by Gasteiger charge is 2.43. The predicted octanol–water partition coefficient (Wildman–Crippen LogP) is 5.08. The molecule has 0 aromatic heterocycles. The quantitative estimate of drug-likeness (QED) is 0.685. The van der Waals surface area contributed by atoms with E-state index >= 15 is 0 Å². The molecule has 2 aliphatic carbocycles. The Hall–Kier alpha value is -2.34. The molecule has 0 unspecified atom stereocenters. The number of hydrogen-bond acceptors (Lipinski definition) is 2. The molecule has 0 aliphatic heterocycles. The van der Waals surface area contributed by atoms with Gasteiger partial charge in [0.25, 0.3) is 0 Å². The molecule has 0 bridgehead atoms. The summed E-state index contributed by atoms with van der Waals surface area (Å²) in [7, 11) is -3.33. The molecule has 0 radical (unpaired) electrons. The zero-order valence-corrected chi connectivity index (χ0v) is 15.6. The molecule has 2 aromatic carbocycles. The van der Waals surface area contributed by atoms with Gasteiger partial charge in [-0.15, -0.1) is 0 Å². The molecule has 0 atom stereocenters. The topological polar surface area (TPSA) is 34.1 Å². The molecular formula is C21H17F3O2S. The average Bonchev–Trinajstić information content (AvgIpc) is 3.27. The highest BCUT2D eigenvalue weighted by atomic mass is 32.2. The van der Waals surface area contributed by atoms with Crippen LogP contribution in [0.25, 0.3) is 11.1 Å². The van der Waals surface area contributed by atoms with Crippen LogP contribution in [0, 0.1) is 29.8 Å². The molecule has 27 heavy (non-hydrogen) atoms. The standard InChI is InChI=1S/C21H17F3O2S/c1-12-9-15(19(23)20(24)18(12)22)17-11-21(7-8-21)10-16(17)13-3-5-14(6-4-13)27(2,25)26/h3-6,9-11H,7-8H2,1-2H3. The van der Waals surface area contributed by atoms with Crippen LogP contribution in [-0.2, 0) is 9.84 Å². The molecule has 1 fully saturated rings. The van der Waals surface area contributed by atoms with Gasteiger partial charge in [0.05, 0.1) is 4.90 Å². The number of benzene rings is 2. The highest BCUT2D eigenvalue weighted by Crippen LogP contribution is 2.58. The van der Waals surface area contributed by atoms with E-state index in [-0.39, 0.29) is 21.4 Å². The first-order valence-corrected chi connectivity index (χ1v) is 10.4. The van der Waals surface area contributed by atoms with E-state index in [1.807, 2.05) is 12.2 Å². The van der Waals surface area contributed by atoms with E-state index in [9.17, 15) is 21.6 Å². The Balaban J connectivity index is 1.84. The largest absolute Gasteiger partial charge is 0.224 e. The third-order valence-electron chi connectivity index (χ3n) is 5.19. The fourth-order valence-corrected chi connectivity index (χ4v) is 4.11. The van der Waals surface area contributed by atoms with Crippen LogP contribution in [0.1, 0.15) is 29.5 Å². The van der Waals surface area contributed by atoms with Crippen molar-refractivity contribution in [2.24, 2.45) is 5.41 Å². The van der Waals surface area contributed by atoms with Crippen molar-refractivity contribution >= 4 is 21.0 Å². The molecule has 2 aliphatic rings. The number of hydrogen-bond donors (Lipinski definition) is 0. The van der Waals surface area contributed by atoms with Crippen molar-refractivity contribution in [3.63, 3.8) is 0 Å². The van der Waals surface area contributed by atoms with Crippen molar-refractivity contribution in [2.45, 2.75) is 24.7 Å². The first kappa shape index (κ1) is 18.0. The summed E-state index contributed by atoms with van der Waals surface area (Å²) in [5, 5.41) is 0. The Bertz CT molecular complexity index is 1120. The number of sulfone groups is 1. The number of aryl methyl sites for hydroxylation is 1. The maximum absolute atomic E-state index is 14.5. The Morgan fingerprint density at radius 1 is 0.889 bits per heavy atom. The smallest absolute Gasteiger partial charge is 0.195 e. The summed E-state index contributed by atoms with van der Waals surface area (Å²) >= 11 is 0. The second-order valence-corrected chi connectivity index (χ2v) is 9.34. The molecule has 0 amide bonds. The Morgan fingerprint density at radius 3 is 2.04 bits per heavy atom. The predicted molar refractivity (Wildman–Crippen MR) is 98.2 cm³/mol. The van der Waals surface area contributed by atoms with Crippen molar-refractivity contribution < 1.29 is 21.6 Å². The zero-order valence-electron chi connectivity index (χ0n) is 14.8. The van der Waals surface area contributed by atoms with Crippen LogP contribution in [0.4, 0.5) is 13.2 Å². The lowest BCUT2D eigenvalue weighted by Crippen LogP contribution is -2.01. The molecule has 2 aromatic rings. The SMILES string of the molecule is Cc1cc(C2=CC3(C=C2c2ccc(S(C)(=O)=O)cc2)CC3)c(F)c(F)c1F. The van der Waals surface area contributed by atoms with Crippen LogP contribution in [0.5, 0.6) is 0 Å². The van der Waals surface area contributed by atoms with Crippen molar-refractivity contribution in [1.82, 2.24) is 0 Å². The minimum absolute atomic E-state index is 0.0219. The lowest BCUT2D eigenvalue weighted by molar-refractivity contribution is 0.442. The molecule has 1 saturated carbocycles. The van der Waals surface area contributed by atoms with Crippen LogP contribution in [0.15, 0.2) is 47.4 Å². The third kappa shape index (κ3) is 3.02. The molecule has 1 spiro atoms. The van der Waals surface area contributed by atoms with Gasteiger partial charge >= 0.3 is 0 Å². The Morgan fingerprint density at radius 2 is 1.48 bits per heavy atom. The number of allylic oxidation sites excluding steroid dienone is 4. The lowest BCUT2D eigenvalue weighted by Gasteiger charge is -2.13. The van der Waals surface area contributed by atoms with Crippen molar-refractivity contribution in [3.8, 4) is 0 Å². The van der Waals surface area contributed by atoms with Gasteiger partial charge < -0.3 is 0 Å². The fourth-order valence-electron chi connectivity index (χ4n) is 3.48. The molecule has 6 heteroatoms. The summed E-state index contributed by atoms with van der Waals surface area (Å²) in [5.74, 6) is -3.87. The van der Waals surface area contributed by atoms with Gasteiger partial charge in [-0.3, -0.25) is 0 Å². The Labute approximate surface area is 156 Å². The van der Waals surface area contributed by atoms with E-state index in [0.29, 0.717) is 16.7 Å². The van der Waals surface area contributed by atoms with Gasteiger partial charge in [0.15, 0.2) is 27.3 Å². The van der Waals surface area contributed by atoms with E-state index in [1.165, 1.54) is 25.1 Å². The monoisotopic (exact) mass is 390 g/mol. The van der Waals surface area contributed by atoms with Crippen molar-refractivity contribution in [1.29, 1.82) is 0 Å². The van der Waals surface area contributed by atoms with E-state index in [2.05, 4.69) is 0 Å². The van der Waals surface area contributed by atoms with E-state index in [0.717, 1.165) is 19.1 Å². The zero-order chi connectivity index (χ0) is 19.6. The van der Waals surface area contributed by atoms with Gasteiger partial charge in [-0.25, -0.2) is 21.6 Å². The first-order chi connectivity index (χ1) is 12.6. The van der Waals surface area contributed by atoms with Crippen molar-refractivity contribution in [2.75, 3.05) is 6.26 Å². The lowest BCUT2D eigenvalue weighted by atomic mass is 9.93. The highest BCUT2D eigenvalue weighted by molar-refractivity contribution is 7.90. The van der Waals surface area contributed by atoms with Gasteiger partial charge in [-0.2, -0.15) is 0 Å². The second-order valence-electron chi connectivity index (χ2n) is 7.33. The van der Waals surface area contributed by atoms with Gasteiger partial charge in [-0.1, -0.05) is 24.3 Å². The van der Waals surface area contributed by atoms with Gasteiger partial charge in [0.2, 0.25) is 0 Å². The first-order valence-electron chi connectivity index (χ1n) is 8.52. The minimum Gasteiger partial charge on any atom is -0.224 e. The van der Waals surface area contributed by atoms with Crippen LogP contribution in [0.3, 0.4) is 0 Å². The van der Waals surface area contributed by atoms with E-state index < -0.39 is 27.3 Å². The van der Waals surface area contributed by atoms with Crippen LogP contribution in [0.2, 0.25) is 0 Å².